The van der Waals surface area contributed by atoms with E-state index in [-0.39, 0.29) is 5.91 Å². The van der Waals surface area contributed by atoms with E-state index in [1.54, 1.807) is 6.20 Å². The molecule has 21 heavy (non-hydrogen) atoms. The van der Waals surface area contributed by atoms with Crippen molar-refractivity contribution < 1.29 is 4.79 Å². The fourth-order valence-corrected chi connectivity index (χ4v) is 2.05. The topological polar surface area (TPSA) is 45.2 Å². The lowest BCUT2D eigenvalue weighted by molar-refractivity contribution is 0.0953. The van der Waals surface area contributed by atoms with E-state index in [2.05, 4.69) is 16.4 Å². The highest BCUT2D eigenvalue weighted by molar-refractivity contribution is 5.94. The van der Waals surface area contributed by atoms with Crippen LogP contribution in [0.1, 0.15) is 22.3 Å². The molecule has 1 heterocycles. The summed E-state index contributed by atoms with van der Waals surface area (Å²) in [7, 11) is 3.96. The molecular weight excluding hydrogens is 262 g/mol. The number of aryl methyl sites for hydroxylation is 1. The van der Waals surface area contributed by atoms with Crippen LogP contribution in [0.25, 0.3) is 0 Å². The second-order valence-electron chi connectivity index (χ2n) is 5.16. The molecule has 0 aliphatic heterocycles. The number of rotatable bonds is 6. The predicted molar refractivity (Wildman–Crippen MR) is 85.7 cm³/mol. The second-order valence-corrected chi connectivity index (χ2v) is 5.16. The van der Waals surface area contributed by atoms with Crippen molar-refractivity contribution in [3.05, 3.63) is 59.9 Å². The van der Waals surface area contributed by atoms with Crippen molar-refractivity contribution in [3.63, 3.8) is 0 Å². The van der Waals surface area contributed by atoms with Gasteiger partial charge in [0.2, 0.25) is 0 Å². The number of nitrogens with zero attached hydrogens (tertiary/aromatic N) is 2. The lowest BCUT2D eigenvalue weighted by Crippen LogP contribution is -2.24. The summed E-state index contributed by atoms with van der Waals surface area (Å²) in [6, 6.07) is 11.6. The molecule has 110 valence electrons. The van der Waals surface area contributed by atoms with Gasteiger partial charge in [0.15, 0.2) is 0 Å². The first-order chi connectivity index (χ1) is 10.2. The van der Waals surface area contributed by atoms with Crippen LogP contribution in [0, 0.1) is 0 Å². The molecule has 2 aromatic rings. The first kappa shape index (κ1) is 15.0. The first-order valence-electron chi connectivity index (χ1n) is 7.11. The molecule has 0 saturated carbocycles. The Morgan fingerprint density at radius 3 is 2.57 bits per heavy atom. The highest BCUT2D eigenvalue weighted by Gasteiger charge is 2.05. The number of anilines is 1. The average Bonchev–Trinajstić information content (AvgIpc) is 2.52. The van der Waals surface area contributed by atoms with E-state index in [1.165, 1.54) is 5.56 Å². The van der Waals surface area contributed by atoms with Gasteiger partial charge in [-0.25, -0.2) is 0 Å². The normalized spacial score (nSPS) is 10.2. The zero-order valence-corrected chi connectivity index (χ0v) is 12.5. The van der Waals surface area contributed by atoms with Crippen LogP contribution < -0.4 is 10.2 Å². The summed E-state index contributed by atoms with van der Waals surface area (Å²) in [5, 5.41) is 2.94. The standard InChI is InChI=1S/C17H21N3O/c1-20(2)16-9-7-15(8-10-16)17(21)19-12-4-6-14-5-3-11-18-13-14/h3,5,7-11,13H,4,6,12H2,1-2H3,(H,19,21). The molecule has 4 heteroatoms. The van der Waals surface area contributed by atoms with Gasteiger partial charge in [0, 0.05) is 44.3 Å². The Hall–Kier alpha value is -2.36. The van der Waals surface area contributed by atoms with Crippen molar-refractivity contribution in [3.8, 4) is 0 Å². The molecular formula is C17H21N3O. The monoisotopic (exact) mass is 283 g/mol. The van der Waals surface area contributed by atoms with E-state index >= 15 is 0 Å². The van der Waals surface area contributed by atoms with Crippen molar-refractivity contribution in [2.75, 3.05) is 25.5 Å². The van der Waals surface area contributed by atoms with Gasteiger partial charge < -0.3 is 10.2 Å². The molecule has 0 aliphatic carbocycles. The number of benzene rings is 1. The molecule has 0 fully saturated rings. The molecule has 1 N–H and O–H groups in total. The number of nitrogens with one attached hydrogen (secondary N) is 1. The van der Waals surface area contributed by atoms with E-state index in [4.69, 9.17) is 0 Å². The van der Waals surface area contributed by atoms with Gasteiger partial charge in [-0.05, 0) is 48.7 Å². The molecule has 1 aromatic heterocycles. The summed E-state index contributed by atoms with van der Waals surface area (Å²) < 4.78 is 0. The Morgan fingerprint density at radius 2 is 1.95 bits per heavy atom. The van der Waals surface area contributed by atoms with Gasteiger partial charge in [0.05, 0.1) is 0 Å². The van der Waals surface area contributed by atoms with Gasteiger partial charge in [0.25, 0.3) is 5.91 Å². The van der Waals surface area contributed by atoms with Crippen LogP contribution in [-0.2, 0) is 6.42 Å². The van der Waals surface area contributed by atoms with Crippen molar-refractivity contribution in [2.24, 2.45) is 0 Å². The van der Waals surface area contributed by atoms with Crippen LogP contribution in [0.4, 0.5) is 5.69 Å². The number of hydrogen-bond acceptors (Lipinski definition) is 3. The van der Waals surface area contributed by atoms with Crippen LogP contribution in [0.3, 0.4) is 0 Å². The van der Waals surface area contributed by atoms with E-state index < -0.39 is 0 Å². The molecule has 0 saturated heterocycles. The maximum Gasteiger partial charge on any atom is 0.251 e. The van der Waals surface area contributed by atoms with Crippen molar-refractivity contribution in [2.45, 2.75) is 12.8 Å². The van der Waals surface area contributed by atoms with Crippen LogP contribution >= 0.6 is 0 Å². The first-order valence-corrected chi connectivity index (χ1v) is 7.11. The SMILES string of the molecule is CN(C)c1ccc(C(=O)NCCCc2cccnc2)cc1. The molecule has 0 radical (unpaired) electrons. The Labute approximate surface area is 125 Å². The van der Waals surface area contributed by atoms with Gasteiger partial charge in [-0.3, -0.25) is 9.78 Å². The Bertz CT molecular complexity index is 564. The summed E-state index contributed by atoms with van der Waals surface area (Å²) in [5.41, 5.74) is 2.98. The summed E-state index contributed by atoms with van der Waals surface area (Å²) in [6.07, 6.45) is 5.46. The fraction of sp³-hybridized carbons (Fsp3) is 0.294. The minimum atomic E-state index is -0.0218. The highest BCUT2D eigenvalue weighted by Crippen LogP contribution is 2.12. The zero-order chi connectivity index (χ0) is 15.1. The molecule has 1 aromatic carbocycles. The number of carbonyl (C=O) groups is 1. The number of aromatic nitrogens is 1. The van der Waals surface area contributed by atoms with Gasteiger partial charge in [-0.1, -0.05) is 6.07 Å². The Kier molecular flexibility index (Phi) is 5.32. The minimum Gasteiger partial charge on any atom is -0.378 e. The van der Waals surface area contributed by atoms with E-state index in [0.29, 0.717) is 12.1 Å². The van der Waals surface area contributed by atoms with Gasteiger partial charge >= 0.3 is 0 Å². The average molecular weight is 283 g/mol. The number of pyridine rings is 1. The lowest BCUT2D eigenvalue weighted by atomic mass is 10.1. The Balaban J connectivity index is 1.76. The zero-order valence-electron chi connectivity index (χ0n) is 12.5. The van der Waals surface area contributed by atoms with Crippen LogP contribution in [0.15, 0.2) is 48.8 Å². The van der Waals surface area contributed by atoms with E-state index in [0.717, 1.165) is 18.5 Å². The van der Waals surface area contributed by atoms with Crippen LogP contribution in [0.2, 0.25) is 0 Å². The smallest absolute Gasteiger partial charge is 0.251 e. The molecule has 1 amide bonds. The van der Waals surface area contributed by atoms with E-state index in [9.17, 15) is 4.79 Å². The van der Waals surface area contributed by atoms with Gasteiger partial charge in [0.1, 0.15) is 0 Å². The third-order valence-electron chi connectivity index (χ3n) is 3.30. The predicted octanol–water partition coefficient (Wildman–Crippen LogP) is 2.51. The molecule has 0 atom stereocenters. The summed E-state index contributed by atoms with van der Waals surface area (Å²) >= 11 is 0. The highest BCUT2D eigenvalue weighted by atomic mass is 16.1. The molecule has 0 aliphatic rings. The third kappa shape index (κ3) is 4.60. The number of amides is 1. The molecule has 0 bridgehead atoms. The molecule has 0 unspecified atom stereocenters. The summed E-state index contributed by atoms with van der Waals surface area (Å²) in [5.74, 6) is -0.0218. The molecule has 2 rings (SSSR count). The molecule has 4 nitrogen and oxygen atoms in total. The lowest BCUT2D eigenvalue weighted by Gasteiger charge is -2.12. The van der Waals surface area contributed by atoms with Crippen molar-refractivity contribution in [1.82, 2.24) is 10.3 Å². The van der Waals surface area contributed by atoms with Crippen LogP contribution in [-0.4, -0.2) is 31.5 Å². The summed E-state index contributed by atoms with van der Waals surface area (Å²) in [6.45, 7) is 0.670. The van der Waals surface area contributed by atoms with E-state index in [1.807, 2.05) is 55.5 Å². The fourth-order valence-electron chi connectivity index (χ4n) is 2.05. The minimum absolute atomic E-state index is 0.0218. The van der Waals surface area contributed by atoms with Gasteiger partial charge in [-0.15, -0.1) is 0 Å². The van der Waals surface area contributed by atoms with Crippen LogP contribution in [0.5, 0.6) is 0 Å². The maximum absolute atomic E-state index is 12.0. The van der Waals surface area contributed by atoms with Crippen molar-refractivity contribution in [1.29, 1.82) is 0 Å². The molecule has 0 spiro atoms. The Morgan fingerprint density at radius 1 is 1.19 bits per heavy atom. The second kappa shape index (κ2) is 7.43. The number of hydrogen-bond donors (Lipinski definition) is 1. The maximum atomic E-state index is 12.0. The quantitative estimate of drug-likeness (QED) is 0.829. The third-order valence-corrected chi connectivity index (χ3v) is 3.30. The number of carbonyl (C=O) groups excluding carboxylic acids is 1. The summed E-state index contributed by atoms with van der Waals surface area (Å²) in [4.78, 5) is 18.1. The van der Waals surface area contributed by atoms with Crippen molar-refractivity contribution >= 4 is 11.6 Å². The largest absolute Gasteiger partial charge is 0.378 e. The van der Waals surface area contributed by atoms with Gasteiger partial charge in [-0.2, -0.15) is 0 Å².